The van der Waals surface area contributed by atoms with Gasteiger partial charge in [-0.1, -0.05) is 104 Å². The van der Waals surface area contributed by atoms with Gasteiger partial charge in [-0.15, -0.1) is 0 Å². The van der Waals surface area contributed by atoms with E-state index in [0.717, 1.165) is 20.1 Å². The Kier molecular flexibility index (Phi) is 11.1. The second kappa shape index (κ2) is 14.8. The van der Waals surface area contributed by atoms with Crippen LogP contribution in [-0.2, 0) is 19.2 Å². The van der Waals surface area contributed by atoms with Crippen LogP contribution in [-0.4, -0.2) is 91.1 Å². The molecule has 2 aromatic carbocycles. The highest BCUT2D eigenvalue weighted by Gasteiger charge is 2.34. The predicted octanol–water partition coefficient (Wildman–Crippen LogP) is 5.77. The number of carbonyl (C=O) groups excluding carboxylic acids is 4. The summed E-state index contributed by atoms with van der Waals surface area (Å²) in [5, 5.41) is 0. The van der Waals surface area contributed by atoms with Gasteiger partial charge in [-0.2, -0.15) is 0 Å². The summed E-state index contributed by atoms with van der Waals surface area (Å²) in [4.78, 5) is 59.2. The zero-order chi connectivity index (χ0) is 31.4. The highest BCUT2D eigenvalue weighted by molar-refractivity contribution is 9.10. The van der Waals surface area contributed by atoms with Crippen LogP contribution >= 0.6 is 79.8 Å². The minimum absolute atomic E-state index is 0.0862. The van der Waals surface area contributed by atoms with Gasteiger partial charge in [-0.25, -0.2) is 0 Å². The van der Waals surface area contributed by atoms with Crippen LogP contribution < -0.4 is 0 Å². The van der Waals surface area contributed by atoms with E-state index in [-0.39, 0.29) is 49.6 Å². The van der Waals surface area contributed by atoms with E-state index >= 15 is 0 Å². The van der Waals surface area contributed by atoms with Crippen LogP contribution in [0.25, 0.3) is 12.2 Å². The minimum atomic E-state index is -0.201. The molecule has 0 radical (unpaired) electrons. The number of amides is 4. The van der Waals surface area contributed by atoms with Gasteiger partial charge in [0.15, 0.2) is 0 Å². The maximum absolute atomic E-state index is 13.0. The molecule has 0 aliphatic carbocycles. The molecule has 3 heterocycles. The zero-order valence-electron chi connectivity index (χ0n) is 23.2. The molecule has 5 rings (SSSR count). The molecule has 3 fully saturated rings. The van der Waals surface area contributed by atoms with Crippen molar-refractivity contribution < 1.29 is 19.2 Å². The summed E-state index contributed by atoms with van der Waals surface area (Å²) >= 11 is 20.2. The SMILES string of the molecule is O=C(CCN1C(=O)C(=Cc2cccc(Br)c2)SC1=S)N1CCN(C(=O)CCN2C(=O)C(=Cc3cccc(Br)c3)SC2=S)CC1. The van der Waals surface area contributed by atoms with Crippen molar-refractivity contribution in [3.05, 3.63) is 78.4 Å². The average Bonchev–Trinajstić information content (AvgIpc) is 3.41. The van der Waals surface area contributed by atoms with Crippen molar-refractivity contribution in [2.75, 3.05) is 39.3 Å². The summed E-state index contributed by atoms with van der Waals surface area (Å²) in [7, 11) is 0. The van der Waals surface area contributed by atoms with Crippen molar-refractivity contribution in [3.63, 3.8) is 0 Å². The van der Waals surface area contributed by atoms with Crippen LogP contribution in [0.2, 0.25) is 0 Å². The van der Waals surface area contributed by atoms with Crippen LogP contribution in [0.3, 0.4) is 0 Å². The van der Waals surface area contributed by atoms with Crippen molar-refractivity contribution in [2.45, 2.75) is 12.8 Å². The first kappa shape index (κ1) is 33.0. The Balaban J connectivity index is 1.06. The molecule has 14 heteroatoms. The normalized spacial score (nSPS) is 19.2. The van der Waals surface area contributed by atoms with E-state index in [1.54, 1.807) is 22.0 Å². The standard InChI is InChI=1S/C30H26Br2N4O4S4/c31-21-5-1-3-19(15-21)17-23-27(39)35(29(41)43-23)9-7-25(37)33-11-13-34(14-12-33)26(38)8-10-36-28(40)24(44-30(36)42)18-20-4-2-6-22(32)16-20/h1-6,15-18H,7-14H2. The van der Waals surface area contributed by atoms with Gasteiger partial charge < -0.3 is 9.80 Å². The summed E-state index contributed by atoms with van der Waals surface area (Å²) in [5.41, 5.74) is 1.77. The summed E-state index contributed by atoms with van der Waals surface area (Å²) in [6, 6.07) is 15.3. The number of rotatable bonds is 8. The lowest BCUT2D eigenvalue weighted by Crippen LogP contribution is -2.51. The van der Waals surface area contributed by atoms with Gasteiger partial charge in [0.2, 0.25) is 11.8 Å². The molecule has 3 aliphatic rings. The van der Waals surface area contributed by atoms with Crippen molar-refractivity contribution >= 4 is 124 Å². The lowest BCUT2D eigenvalue weighted by molar-refractivity contribution is -0.140. The average molecular weight is 795 g/mol. The third-order valence-electron chi connectivity index (χ3n) is 7.12. The molecule has 0 unspecified atom stereocenters. The maximum atomic E-state index is 13.0. The Morgan fingerprint density at radius 2 is 1.09 bits per heavy atom. The number of hydrogen-bond acceptors (Lipinski definition) is 8. The Morgan fingerprint density at radius 3 is 1.45 bits per heavy atom. The van der Waals surface area contributed by atoms with Crippen molar-refractivity contribution in [1.82, 2.24) is 19.6 Å². The van der Waals surface area contributed by atoms with Crippen molar-refractivity contribution in [2.24, 2.45) is 0 Å². The Labute approximate surface area is 291 Å². The predicted molar refractivity (Wildman–Crippen MR) is 190 cm³/mol. The first-order valence-corrected chi connectivity index (χ1v) is 17.7. The van der Waals surface area contributed by atoms with E-state index in [0.29, 0.717) is 44.6 Å². The van der Waals surface area contributed by atoms with Crippen LogP contribution in [0, 0.1) is 0 Å². The molecule has 0 spiro atoms. The van der Waals surface area contributed by atoms with Gasteiger partial charge in [-0.3, -0.25) is 29.0 Å². The number of nitrogens with zero attached hydrogens (tertiary/aromatic N) is 4. The molecule has 0 saturated carbocycles. The number of thioether (sulfide) groups is 2. The van der Waals surface area contributed by atoms with Crippen LogP contribution in [0.1, 0.15) is 24.0 Å². The summed E-state index contributed by atoms with van der Waals surface area (Å²) in [6.07, 6.45) is 3.89. The molecule has 3 saturated heterocycles. The largest absolute Gasteiger partial charge is 0.339 e. The third kappa shape index (κ3) is 8.07. The lowest BCUT2D eigenvalue weighted by Gasteiger charge is -2.35. The minimum Gasteiger partial charge on any atom is -0.339 e. The quantitative estimate of drug-likeness (QED) is 0.247. The second-order valence-electron chi connectivity index (χ2n) is 10.0. The number of benzene rings is 2. The Morgan fingerprint density at radius 1 is 0.705 bits per heavy atom. The third-order valence-corrected chi connectivity index (χ3v) is 10.9. The molecule has 228 valence electrons. The van der Waals surface area contributed by atoms with E-state index in [4.69, 9.17) is 24.4 Å². The van der Waals surface area contributed by atoms with E-state index in [1.807, 2.05) is 48.5 Å². The molecule has 2 aromatic rings. The molecule has 0 aromatic heterocycles. The van der Waals surface area contributed by atoms with E-state index in [2.05, 4.69) is 31.9 Å². The Bertz CT molecular complexity index is 1490. The lowest BCUT2D eigenvalue weighted by atomic mass is 10.2. The van der Waals surface area contributed by atoms with Gasteiger partial charge in [-0.05, 0) is 47.5 Å². The van der Waals surface area contributed by atoms with Gasteiger partial charge in [0.1, 0.15) is 8.64 Å². The number of halogens is 2. The maximum Gasteiger partial charge on any atom is 0.266 e. The highest BCUT2D eigenvalue weighted by Crippen LogP contribution is 2.34. The molecule has 3 aliphatic heterocycles. The second-order valence-corrected chi connectivity index (χ2v) is 15.2. The van der Waals surface area contributed by atoms with E-state index in [9.17, 15) is 19.2 Å². The van der Waals surface area contributed by atoms with Crippen LogP contribution in [0.15, 0.2) is 67.3 Å². The molecule has 0 atom stereocenters. The fourth-order valence-corrected chi connectivity index (χ4v) is 8.27. The first-order chi connectivity index (χ1) is 21.1. The molecule has 44 heavy (non-hydrogen) atoms. The summed E-state index contributed by atoms with van der Waals surface area (Å²) in [6.45, 7) is 2.03. The topological polar surface area (TPSA) is 81.2 Å². The van der Waals surface area contributed by atoms with Gasteiger partial charge in [0.25, 0.3) is 11.8 Å². The summed E-state index contributed by atoms with van der Waals surface area (Å²) < 4.78 is 2.70. The monoisotopic (exact) mass is 792 g/mol. The van der Waals surface area contributed by atoms with Gasteiger partial charge in [0.05, 0.1) is 9.81 Å². The van der Waals surface area contributed by atoms with Crippen molar-refractivity contribution in [3.8, 4) is 0 Å². The number of piperazine rings is 1. The molecule has 0 bridgehead atoms. The fourth-order valence-electron chi connectivity index (χ4n) is 4.82. The molecular weight excluding hydrogens is 768 g/mol. The number of thiocarbonyl (C=S) groups is 2. The first-order valence-electron chi connectivity index (χ1n) is 13.7. The Hall–Kier alpha value is -2.36. The zero-order valence-corrected chi connectivity index (χ0v) is 29.7. The highest BCUT2D eigenvalue weighted by atomic mass is 79.9. The number of carbonyl (C=O) groups is 4. The van der Waals surface area contributed by atoms with Crippen LogP contribution in [0.4, 0.5) is 0 Å². The molecule has 4 amide bonds. The molecular formula is C30H26Br2N4O4S4. The summed E-state index contributed by atoms with van der Waals surface area (Å²) in [5.74, 6) is -0.574. The van der Waals surface area contributed by atoms with Gasteiger partial charge in [0, 0.05) is 61.1 Å². The van der Waals surface area contributed by atoms with Crippen LogP contribution in [0.5, 0.6) is 0 Å². The van der Waals surface area contributed by atoms with E-state index < -0.39 is 0 Å². The smallest absolute Gasteiger partial charge is 0.266 e. The number of hydrogen-bond donors (Lipinski definition) is 0. The van der Waals surface area contributed by atoms with Gasteiger partial charge >= 0.3 is 0 Å². The molecule has 8 nitrogen and oxygen atoms in total. The molecule has 0 N–H and O–H groups in total. The van der Waals surface area contributed by atoms with Crippen molar-refractivity contribution in [1.29, 1.82) is 0 Å². The van der Waals surface area contributed by atoms with E-state index in [1.165, 1.54) is 33.3 Å². The fraction of sp³-hybridized carbons (Fsp3) is 0.267.